The van der Waals surface area contributed by atoms with Crippen LogP contribution in [0.5, 0.6) is 0 Å². The number of carbonyl (C=O) groups is 1. The first-order chi connectivity index (χ1) is 17.2. The standard InChI is InChI=1S/C27H33N7O/c1-2-33-13-11-28-27(35)24-10-5-12-34(24)18-21-7-4-9-23(15-21)32-26-16-25(29-19-30-26)31-22-8-3-6-20(14-22)17-33/h3-4,6-9,14-16,19,24H,2,5,10-13,17-18H2,1H3,(H,28,35)(H2,29,30,31,32). The van der Waals surface area contributed by atoms with Crippen LogP contribution in [0.3, 0.4) is 0 Å². The van der Waals surface area contributed by atoms with E-state index in [1.165, 1.54) is 11.1 Å². The second-order valence-electron chi connectivity index (χ2n) is 9.23. The van der Waals surface area contributed by atoms with Gasteiger partial charge in [-0.2, -0.15) is 0 Å². The normalized spacial score (nSPS) is 19.7. The number of carbonyl (C=O) groups excluding carboxylic acids is 1. The summed E-state index contributed by atoms with van der Waals surface area (Å²) >= 11 is 0. The summed E-state index contributed by atoms with van der Waals surface area (Å²) in [4.78, 5) is 26.5. The second-order valence-corrected chi connectivity index (χ2v) is 9.23. The zero-order chi connectivity index (χ0) is 24.0. The molecule has 1 atom stereocenters. The summed E-state index contributed by atoms with van der Waals surface area (Å²) in [5, 5.41) is 10.00. The molecule has 3 heterocycles. The summed E-state index contributed by atoms with van der Waals surface area (Å²) < 4.78 is 0. The van der Waals surface area contributed by atoms with Crippen molar-refractivity contribution in [3.63, 3.8) is 0 Å². The molecule has 1 unspecified atom stereocenters. The smallest absolute Gasteiger partial charge is 0.237 e. The fourth-order valence-electron chi connectivity index (χ4n) is 4.89. The minimum atomic E-state index is -0.0699. The Morgan fingerprint density at radius 2 is 1.60 bits per heavy atom. The molecule has 0 saturated carbocycles. The van der Waals surface area contributed by atoms with Crippen LogP contribution >= 0.6 is 0 Å². The number of hydrogen-bond donors (Lipinski definition) is 3. The first-order valence-electron chi connectivity index (χ1n) is 12.4. The van der Waals surface area contributed by atoms with Gasteiger partial charge in [0.1, 0.15) is 18.0 Å². The molecule has 35 heavy (non-hydrogen) atoms. The molecule has 0 aliphatic carbocycles. The van der Waals surface area contributed by atoms with Crippen LogP contribution in [0.15, 0.2) is 60.9 Å². The van der Waals surface area contributed by atoms with Crippen LogP contribution < -0.4 is 16.0 Å². The minimum Gasteiger partial charge on any atom is -0.353 e. The lowest BCUT2D eigenvalue weighted by atomic mass is 10.1. The third-order valence-corrected chi connectivity index (χ3v) is 6.70. The van der Waals surface area contributed by atoms with Gasteiger partial charge >= 0.3 is 0 Å². The number of likely N-dealkylation sites (N-methyl/N-ethyl adjacent to an activating group) is 1. The van der Waals surface area contributed by atoms with Gasteiger partial charge < -0.3 is 16.0 Å². The van der Waals surface area contributed by atoms with Crippen LogP contribution in [-0.4, -0.2) is 57.9 Å². The van der Waals surface area contributed by atoms with Gasteiger partial charge in [0, 0.05) is 43.6 Å². The van der Waals surface area contributed by atoms with Crippen molar-refractivity contribution in [1.29, 1.82) is 0 Å². The summed E-state index contributed by atoms with van der Waals surface area (Å²) in [7, 11) is 0. The van der Waals surface area contributed by atoms with E-state index in [2.05, 4.69) is 73.0 Å². The highest BCUT2D eigenvalue weighted by atomic mass is 16.2. The number of amides is 1. The maximum absolute atomic E-state index is 13.0. The minimum absolute atomic E-state index is 0.0699. The quantitative estimate of drug-likeness (QED) is 0.497. The van der Waals surface area contributed by atoms with Gasteiger partial charge in [-0.1, -0.05) is 31.2 Å². The van der Waals surface area contributed by atoms with E-state index < -0.39 is 0 Å². The van der Waals surface area contributed by atoms with Gasteiger partial charge in [0.25, 0.3) is 0 Å². The molecule has 2 aliphatic rings. The van der Waals surface area contributed by atoms with E-state index in [0.29, 0.717) is 6.54 Å². The predicted molar refractivity (Wildman–Crippen MR) is 139 cm³/mol. The number of nitrogens with zero attached hydrogens (tertiary/aromatic N) is 4. The van der Waals surface area contributed by atoms with Gasteiger partial charge in [-0.25, -0.2) is 9.97 Å². The highest BCUT2D eigenvalue weighted by Gasteiger charge is 2.30. The molecule has 182 valence electrons. The van der Waals surface area contributed by atoms with Crippen LogP contribution in [0, 0.1) is 0 Å². The average Bonchev–Trinajstić information content (AvgIpc) is 3.32. The predicted octanol–water partition coefficient (Wildman–Crippen LogP) is 3.88. The molecule has 8 heteroatoms. The highest BCUT2D eigenvalue weighted by Crippen LogP contribution is 2.24. The maximum atomic E-state index is 13.0. The lowest BCUT2D eigenvalue weighted by Gasteiger charge is -2.25. The lowest BCUT2D eigenvalue weighted by molar-refractivity contribution is -0.125. The van der Waals surface area contributed by atoms with Crippen molar-refractivity contribution in [3.8, 4) is 0 Å². The summed E-state index contributed by atoms with van der Waals surface area (Å²) in [6, 6.07) is 18.5. The molecule has 2 aliphatic heterocycles. The second kappa shape index (κ2) is 10.8. The molecule has 0 radical (unpaired) electrons. The molecule has 3 N–H and O–H groups in total. The first kappa shape index (κ1) is 23.3. The zero-order valence-corrected chi connectivity index (χ0v) is 20.2. The Balaban J connectivity index is 1.43. The number of nitrogens with one attached hydrogen (secondary N) is 3. The Hall–Kier alpha value is -3.49. The average molecular weight is 472 g/mol. The number of anilines is 4. The summed E-state index contributed by atoms with van der Waals surface area (Å²) in [5.41, 5.74) is 4.33. The molecule has 1 saturated heterocycles. The number of benzene rings is 2. The first-order valence-corrected chi connectivity index (χ1v) is 12.4. The Morgan fingerprint density at radius 3 is 2.29 bits per heavy atom. The fraction of sp³-hybridized carbons (Fsp3) is 0.370. The van der Waals surface area contributed by atoms with Crippen LogP contribution in [-0.2, 0) is 17.9 Å². The van der Waals surface area contributed by atoms with Gasteiger partial charge in [-0.15, -0.1) is 0 Å². The summed E-state index contributed by atoms with van der Waals surface area (Å²) in [6.07, 6.45) is 3.52. The van der Waals surface area contributed by atoms with Crippen molar-refractivity contribution in [2.45, 2.75) is 38.9 Å². The van der Waals surface area contributed by atoms with Crippen molar-refractivity contribution < 1.29 is 4.79 Å². The largest absolute Gasteiger partial charge is 0.353 e. The molecule has 2 aromatic carbocycles. The van der Waals surface area contributed by atoms with Gasteiger partial charge in [0.15, 0.2) is 0 Å². The van der Waals surface area contributed by atoms with Crippen molar-refractivity contribution in [2.24, 2.45) is 0 Å². The van der Waals surface area contributed by atoms with Crippen molar-refractivity contribution in [2.75, 3.05) is 36.8 Å². The molecule has 1 amide bonds. The van der Waals surface area contributed by atoms with E-state index in [4.69, 9.17) is 0 Å². The van der Waals surface area contributed by atoms with E-state index in [0.717, 1.165) is 68.6 Å². The van der Waals surface area contributed by atoms with Gasteiger partial charge in [-0.3, -0.25) is 14.6 Å². The van der Waals surface area contributed by atoms with Crippen molar-refractivity contribution in [3.05, 3.63) is 72.1 Å². The molecule has 3 aromatic rings. The molecule has 1 aromatic heterocycles. The van der Waals surface area contributed by atoms with Crippen LogP contribution in [0.25, 0.3) is 0 Å². The number of fused-ring (bicyclic) bond motifs is 7. The van der Waals surface area contributed by atoms with Crippen LogP contribution in [0.2, 0.25) is 0 Å². The molecule has 6 bridgehead atoms. The van der Waals surface area contributed by atoms with Gasteiger partial charge in [-0.05, 0) is 61.3 Å². The Morgan fingerprint density at radius 1 is 0.914 bits per heavy atom. The van der Waals surface area contributed by atoms with E-state index in [-0.39, 0.29) is 11.9 Å². The Bertz CT molecular complexity index is 1170. The van der Waals surface area contributed by atoms with Crippen LogP contribution in [0.4, 0.5) is 23.0 Å². The van der Waals surface area contributed by atoms with Crippen molar-refractivity contribution in [1.82, 2.24) is 25.1 Å². The number of rotatable bonds is 1. The number of aromatic nitrogens is 2. The van der Waals surface area contributed by atoms with E-state index in [1.54, 1.807) is 6.33 Å². The third-order valence-electron chi connectivity index (χ3n) is 6.70. The molecule has 0 spiro atoms. The molecular weight excluding hydrogens is 438 g/mol. The molecule has 5 rings (SSSR count). The van der Waals surface area contributed by atoms with E-state index >= 15 is 0 Å². The topological polar surface area (TPSA) is 85.4 Å². The Labute approximate surface area is 206 Å². The highest BCUT2D eigenvalue weighted by molar-refractivity contribution is 5.82. The zero-order valence-electron chi connectivity index (χ0n) is 20.2. The van der Waals surface area contributed by atoms with Gasteiger partial charge in [0.2, 0.25) is 5.91 Å². The SMILES string of the molecule is CCN1CCNC(=O)C2CCCN2Cc2cccc(c2)Nc2cc(ncn2)Nc2cccc(c2)C1. The fourth-order valence-corrected chi connectivity index (χ4v) is 4.89. The van der Waals surface area contributed by atoms with E-state index in [1.807, 2.05) is 24.3 Å². The molecule has 8 nitrogen and oxygen atoms in total. The lowest BCUT2D eigenvalue weighted by Crippen LogP contribution is -2.45. The maximum Gasteiger partial charge on any atom is 0.237 e. The summed E-state index contributed by atoms with van der Waals surface area (Å²) in [6.45, 7) is 7.05. The monoisotopic (exact) mass is 471 g/mol. The van der Waals surface area contributed by atoms with Crippen molar-refractivity contribution >= 4 is 28.9 Å². The van der Waals surface area contributed by atoms with Gasteiger partial charge in [0.05, 0.1) is 6.04 Å². The van der Waals surface area contributed by atoms with E-state index in [9.17, 15) is 4.79 Å². The summed E-state index contributed by atoms with van der Waals surface area (Å²) in [5.74, 6) is 1.60. The third kappa shape index (κ3) is 5.96. The molecule has 1 fully saturated rings. The van der Waals surface area contributed by atoms with Crippen LogP contribution in [0.1, 0.15) is 30.9 Å². The molecular formula is C27H33N7O. The number of hydrogen-bond acceptors (Lipinski definition) is 7. The Kier molecular flexibility index (Phi) is 7.20.